The van der Waals surface area contributed by atoms with E-state index in [-0.39, 0.29) is 6.04 Å². The standard InChI is InChI=1S/C14H15BrClNS/c1-3-17-13(14-12(15)6-7-18-14)11-5-4-10(16)8-9(11)2/h4-8,13,17H,3H2,1-2H3. The summed E-state index contributed by atoms with van der Waals surface area (Å²) in [5, 5.41) is 6.43. The van der Waals surface area contributed by atoms with Crippen LogP contribution in [0.3, 0.4) is 0 Å². The van der Waals surface area contributed by atoms with E-state index in [1.165, 1.54) is 16.0 Å². The highest BCUT2D eigenvalue weighted by molar-refractivity contribution is 9.10. The van der Waals surface area contributed by atoms with Crippen molar-refractivity contribution in [3.05, 3.63) is 55.1 Å². The van der Waals surface area contributed by atoms with Gasteiger partial charge in [0.1, 0.15) is 0 Å². The minimum absolute atomic E-state index is 0.224. The molecule has 0 bridgehead atoms. The van der Waals surface area contributed by atoms with Gasteiger partial charge < -0.3 is 5.32 Å². The number of rotatable bonds is 4. The normalized spacial score (nSPS) is 12.7. The van der Waals surface area contributed by atoms with Gasteiger partial charge >= 0.3 is 0 Å². The van der Waals surface area contributed by atoms with Crippen molar-refractivity contribution in [2.45, 2.75) is 19.9 Å². The molecule has 0 spiro atoms. The van der Waals surface area contributed by atoms with Gasteiger partial charge in [0, 0.05) is 14.4 Å². The van der Waals surface area contributed by atoms with E-state index in [4.69, 9.17) is 11.6 Å². The van der Waals surface area contributed by atoms with Gasteiger partial charge in [0.2, 0.25) is 0 Å². The molecule has 2 rings (SSSR count). The van der Waals surface area contributed by atoms with Crippen molar-refractivity contribution in [1.29, 1.82) is 0 Å². The van der Waals surface area contributed by atoms with E-state index in [1.807, 2.05) is 12.1 Å². The summed E-state index contributed by atoms with van der Waals surface area (Å²) in [6.45, 7) is 5.16. The van der Waals surface area contributed by atoms with Crippen molar-refractivity contribution >= 4 is 38.9 Å². The Morgan fingerprint density at radius 3 is 2.72 bits per heavy atom. The first-order chi connectivity index (χ1) is 8.63. The second kappa shape index (κ2) is 6.20. The monoisotopic (exact) mass is 343 g/mol. The third kappa shape index (κ3) is 2.97. The first-order valence-corrected chi connectivity index (χ1v) is 7.91. The van der Waals surface area contributed by atoms with E-state index in [1.54, 1.807) is 11.3 Å². The molecule has 1 unspecified atom stereocenters. The van der Waals surface area contributed by atoms with Gasteiger partial charge in [-0.3, -0.25) is 0 Å². The molecule has 1 atom stereocenters. The Labute approximate surface area is 125 Å². The first-order valence-electron chi connectivity index (χ1n) is 5.85. The molecule has 1 heterocycles. The Morgan fingerprint density at radius 1 is 1.39 bits per heavy atom. The highest BCUT2D eigenvalue weighted by atomic mass is 79.9. The Hall–Kier alpha value is -0.350. The van der Waals surface area contributed by atoms with Crippen LogP contribution in [0.1, 0.15) is 29.0 Å². The van der Waals surface area contributed by atoms with Crippen LogP contribution in [-0.2, 0) is 0 Å². The van der Waals surface area contributed by atoms with Gasteiger partial charge in [-0.15, -0.1) is 11.3 Å². The topological polar surface area (TPSA) is 12.0 Å². The van der Waals surface area contributed by atoms with Gasteiger partial charge in [-0.1, -0.05) is 24.6 Å². The number of benzene rings is 1. The Morgan fingerprint density at radius 2 is 2.17 bits per heavy atom. The molecule has 18 heavy (non-hydrogen) atoms. The van der Waals surface area contributed by atoms with E-state index >= 15 is 0 Å². The largest absolute Gasteiger partial charge is 0.306 e. The fraction of sp³-hybridized carbons (Fsp3) is 0.286. The molecule has 4 heteroatoms. The number of thiophene rings is 1. The van der Waals surface area contributed by atoms with Gasteiger partial charge in [-0.05, 0) is 64.1 Å². The fourth-order valence-electron chi connectivity index (χ4n) is 2.02. The first kappa shape index (κ1) is 14.1. The number of hydrogen-bond acceptors (Lipinski definition) is 2. The maximum Gasteiger partial charge on any atom is 0.0684 e. The molecule has 0 saturated carbocycles. The number of nitrogens with one attached hydrogen (secondary N) is 1. The summed E-state index contributed by atoms with van der Waals surface area (Å²) in [7, 11) is 0. The van der Waals surface area contributed by atoms with Crippen molar-refractivity contribution in [2.75, 3.05) is 6.54 Å². The molecular formula is C14H15BrClNS. The molecule has 0 aliphatic rings. The molecule has 1 N–H and O–H groups in total. The molecule has 1 nitrogen and oxygen atoms in total. The van der Waals surface area contributed by atoms with Gasteiger partial charge in [0.05, 0.1) is 6.04 Å². The molecule has 1 aromatic carbocycles. The lowest BCUT2D eigenvalue weighted by molar-refractivity contribution is 0.635. The summed E-state index contributed by atoms with van der Waals surface area (Å²) in [4.78, 5) is 1.31. The fourth-order valence-corrected chi connectivity index (χ4v) is 3.94. The lowest BCUT2D eigenvalue weighted by atomic mass is 10.00. The Kier molecular flexibility index (Phi) is 4.84. The number of aryl methyl sites for hydroxylation is 1. The smallest absolute Gasteiger partial charge is 0.0684 e. The maximum absolute atomic E-state index is 6.03. The van der Waals surface area contributed by atoms with Crippen molar-refractivity contribution in [3.8, 4) is 0 Å². The van der Waals surface area contributed by atoms with Crippen LogP contribution in [0.4, 0.5) is 0 Å². The zero-order valence-corrected chi connectivity index (χ0v) is 13.5. The second-order valence-electron chi connectivity index (χ2n) is 4.12. The van der Waals surface area contributed by atoms with Crippen LogP contribution in [0, 0.1) is 6.92 Å². The zero-order valence-electron chi connectivity index (χ0n) is 10.3. The van der Waals surface area contributed by atoms with Crippen LogP contribution in [0.2, 0.25) is 5.02 Å². The predicted molar refractivity (Wildman–Crippen MR) is 83.7 cm³/mol. The second-order valence-corrected chi connectivity index (χ2v) is 6.36. The van der Waals surface area contributed by atoms with Gasteiger partial charge in [0.15, 0.2) is 0 Å². The van der Waals surface area contributed by atoms with E-state index < -0.39 is 0 Å². The molecule has 96 valence electrons. The van der Waals surface area contributed by atoms with Crippen LogP contribution >= 0.6 is 38.9 Å². The molecule has 0 saturated heterocycles. The summed E-state index contributed by atoms with van der Waals surface area (Å²) in [5.41, 5.74) is 2.50. The summed E-state index contributed by atoms with van der Waals surface area (Å²) in [5.74, 6) is 0. The summed E-state index contributed by atoms with van der Waals surface area (Å²) in [6.07, 6.45) is 0. The lowest BCUT2D eigenvalue weighted by Gasteiger charge is -2.20. The zero-order chi connectivity index (χ0) is 13.1. The Bertz CT molecular complexity index is 538. The van der Waals surface area contributed by atoms with Crippen LogP contribution in [-0.4, -0.2) is 6.54 Å². The quantitative estimate of drug-likeness (QED) is 0.806. The minimum Gasteiger partial charge on any atom is -0.306 e. The van der Waals surface area contributed by atoms with Crippen LogP contribution in [0.5, 0.6) is 0 Å². The van der Waals surface area contributed by atoms with Crippen molar-refractivity contribution in [1.82, 2.24) is 5.32 Å². The van der Waals surface area contributed by atoms with Crippen molar-refractivity contribution in [2.24, 2.45) is 0 Å². The third-order valence-corrected chi connectivity index (χ3v) is 5.03. The van der Waals surface area contributed by atoms with Crippen molar-refractivity contribution < 1.29 is 0 Å². The molecule has 0 aliphatic heterocycles. The third-order valence-electron chi connectivity index (χ3n) is 2.86. The molecule has 0 fully saturated rings. The highest BCUT2D eigenvalue weighted by Crippen LogP contribution is 2.34. The molecule has 2 aromatic rings. The van der Waals surface area contributed by atoms with Crippen LogP contribution in [0.25, 0.3) is 0 Å². The lowest BCUT2D eigenvalue weighted by Crippen LogP contribution is -2.22. The molecular weight excluding hydrogens is 330 g/mol. The number of hydrogen-bond donors (Lipinski definition) is 1. The van der Waals surface area contributed by atoms with Crippen LogP contribution < -0.4 is 5.32 Å². The van der Waals surface area contributed by atoms with Gasteiger partial charge in [-0.25, -0.2) is 0 Å². The highest BCUT2D eigenvalue weighted by Gasteiger charge is 2.18. The molecule has 0 amide bonds. The van der Waals surface area contributed by atoms with Crippen LogP contribution in [0.15, 0.2) is 34.1 Å². The summed E-state index contributed by atoms with van der Waals surface area (Å²) >= 11 is 11.4. The molecule has 0 radical (unpaired) electrons. The number of halogens is 2. The SMILES string of the molecule is CCNC(c1ccc(Cl)cc1C)c1sccc1Br. The summed E-state index contributed by atoms with van der Waals surface area (Å²) < 4.78 is 1.16. The molecule has 1 aromatic heterocycles. The maximum atomic E-state index is 6.03. The van der Waals surface area contributed by atoms with E-state index in [0.29, 0.717) is 0 Å². The van der Waals surface area contributed by atoms with E-state index in [2.05, 4.69) is 52.6 Å². The minimum atomic E-state index is 0.224. The summed E-state index contributed by atoms with van der Waals surface area (Å²) in [6, 6.07) is 8.40. The average Bonchev–Trinajstić information content (AvgIpc) is 2.73. The predicted octanol–water partition coefficient (Wildman–Crippen LogP) is 5.17. The van der Waals surface area contributed by atoms with E-state index in [9.17, 15) is 0 Å². The van der Waals surface area contributed by atoms with Gasteiger partial charge in [0.25, 0.3) is 0 Å². The molecule has 0 aliphatic carbocycles. The van der Waals surface area contributed by atoms with Crippen molar-refractivity contribution in [3.63, 3.8) is 0 Å². The average molecular weight is 345 g/mol. The van der Waals surface area contributed by atoms with Gasteiger partial charge in [-0.2, -0.15) is 0 Å². The Balaban J connectivity index is 2.45. The van der Waals surface area contributed by atoms with E-state index in [0.717, 1.165) is 16.0 Å².